The molecule has 0 atom stereocenters. The van der Waals surface area contributed by atoms with Gasteiger partial charge in [-0.3, -0.25) is 9.80 Å². The maximum Gasteiger partial charge on any atom is 0.414 e. The van der Waals surface area contributed by atoms with Crippen LogP contribution in [0.25, 0.3) is 0 Å². The van der Waals surface area contributed by atoms with Crippen LogP contribution in [0.4, 0.5) is 0 Å². The van der Waals surface area contributed by atoms with Gasteiger partial charge in [-0.1, -0.05) is 19.3 Å². The van der Waals surface area contributed by atoms with Gasteiger partial charge >= 0.3 is 11.9 Å². The van der Waals surface area contributed by atoms with Gasteiger partial charge in [0, 0.05) is 38.3 Å². The highest BCUT2D eigenvalue weighted by molar-refractivity contribution is 6.27. The van der Waals surface area contributed by atoms with E-state index in [0.717, 1.165) is 12.1 Å². The van der Waals surface area contributed by atoms with E-state index < -0.39 is 11.9 Å². The average molecular weight is 300 g/mol. The maximum atomic E-state index is 9.10. The number of carboxylic acids is 2. The van der Waals surface area contributed by atoms with Crippen LogP contribution in [0.5, 0.6) is 0 Å². The Morgan fingerprint density at radius 3 is 1.76 bits per heavy atom. The van der Waals surface area contributed by atoms with Crippen molar-refractivity contribution in [3.8, 4) is 0 Å². The topological polar surface area (TPSA) is 81.1 Å². The van der Waals surface area contributed by atoms with Crippen LogP contribution in [0.1, 0.15) is 46.0 Å². The van der Waals surface area contributed by atoms with Crippen molar-refractivity contribution in [2.24, 2.45) is 0 Å². The molecule has 0 amide bonds. The predicted octanol–water partition coefficient (Wildman–Crippen LogP) is 1.50. The molecule has 1 heterocycles. The molecule has 0 bridgehead atoms. The van der Waals surface area contributed by atoms with E-state index in [1.54, 1.807) is 0 Å². The van der Waals surface area contributed by atoms with Crippen molar-refractivity contribution >= 4 is 11.9 Å². The zero-order valence-electron chi connectivity index (χ0n) is 13.1. The molecule has 0 aromatic rings. The van der Waals surface area contributed by atoms with E-state index >= 15 is 0 Å². The Morgan fingerprint density at radius 1 is 0.905 bits per heavy atom. The number of nitrogens with zero attached hydrogens (tertiary/aromatic N) is 2. The second kappa shape index (κ2) is 9.00. The standard InChI is InChI=1S/C13H26N2.C2H2O4/c1-12(2)14-8-10-15(11-9-14)13-6-4-3-5-7-13;3-1(4)2(5)6/h12-13H,3-11H2,1-2H3;(H,3,4)(H,5,6). The number of hydrogen-bond donors (Lipinski definition) is 2. The molecule has 0 radical (unpaired) electrons. The minimum absolute atomic E-state index is 0.735. The highest BCUT2D eigenvalue weighted by atomic mass is 16.4. The number of hydrogen-bond acceptors (Lipinski definition) is 4. The molecule has 1 aliphatic heterocycles. The first-order chi connectivity index (χ1) is 9.91. The van der Waals surface area contributed by atoms with Gasteiger partial charge in [0.05, 0.1) is 0 Å². The first-order valence-electron chi connectivity index (χ1n) is 7.86. The van der Waals surface area contributed by atoms with Crippen molar-refractivity contribution in [1.29, 1.82) is 0 Å². The van der Waals surface area contributed by atoms with E-state index in [1.165, 1.54) is 58.3 Å². The largest absolute Gasteiger partial charge is 0.473 e. The smallest absolute Gasteiger partial charge is 0.414 e. The lowest BCUT2D eigenvalue weighted by molar-refractivity contribution is -0.159. The summed E-state index contributed by atoms with van der Waals surface area (Å²) >= 11 is 0. The third kappa shape index (κ3) is 6.44. The summed E-state index contributed by atoms with van der Waals surface area (Å²) in [6.07, 6.45) is 7.33. The number of carboxylic acid groups (broad SMARTS) is 2. The summed E-state index contributed by atoms with van der Waals surface area (Å²) in [7, 11) is 0. The molecule has 6 nitrogen and oxygen atoms in total. The average Bonchev–Trinajstić information content (AvgIpc) is 2.49. The molecule has 6 heteroatoms. The van der Waals surface area contributed by atoms with Crippen molar-refractivity contribution in [2.45, 2.75) is 58.0 Å². The first kappa shape index (κ1) is 17.9. The fourth-order valence-corrected chi connectivity index (χ4v) is 3.07. The quantitative estimate of drug-likeness (QED) is 0.752. The summed E-state index contributed by atoms with van der Waals surface area (Å²) < 4.78 is 0. The normalized spacial score (nSPS) is 21.7. The fraction of sp³-hybridized carbons (Fsp3) is 0.867. The van der Waals surface area contributed by atoms with E-state index in [9.17, 15) is 0 Å². The van der Waals surface area contributed by atoms with E-state index in [-0.39, 0.29) is 0 Å². The van der Waals surface area contributed by atoms with E-state index in [1.807, 2.05) is 0 Å². The van der Waals surface area contributed by atoms with Gasteiger partial charge in [-0.2, -0.15) is 0 Å². The lowest BCUT2D eigenvalue weighted by atomic mass is 9.94. The van der Waals surface area contributed by atoms with Crippen molar-refractivity contribution in [1.82, 2.24) is 9.80 Å². The van der Waals surface area contributed by atoms with E-state index in [0.29, 0.717) is 0 Å². The van der Waals surface area contributed by atoms with Gasteiger partial charge in [0.1, 0.15) is 0 Å². The van der Waals surface area contributed by atoms with Crippen LogP contribution in [-0.4, -0.2) is 70.2 Å². The summed E-state index contributed by atoms with van der Waals surface area (Å²) in [4.78, 5) is 23.6. The van der Waals surface area contributed by atoms with Crippen molar-refractivity contribution < 1.29 is 19.8 Å². The van der Waals surface area contributed by atoms with Crippen LogP contribution < -0.4 is 0 Å². The highest BCUT2D eigenvalue weighted by Crippen LogP contribution is 2.23. The summed E-state index contributed by atoms with van der Waals surface area (Å²) in [6, 6.07) is 1.66. The highest BCUT2D eigenvalue weighted by Gasteiger charge is 2.25. The Hall–Kier alpha value is -1.14. The van der Waals surface area contributed by atoms with Gasteiger partial charge in [-0.25, -0.2) is 9.59 Å². The molecule has 2 rings (SSSR count). The minimum Gasteiger partial charge on any atom is -0.473 e. The minimum atomic E-state index is -1.82. The number of carbonyl (C=O) groups is 2. The van der Waals surface area contributed by atoms with Gasteiger partial charge in [-0.05, 0) is 26.7 Å². The van der Waals surface area contributed by atoms with Crippen LogP contribution in [0.3, 0.4) is 0 Å². The molecule has 1 saturated heterocycles. The summed E-state index contributed by atoms with van der Waals surface area (Å²) in [6.45, 7) is 9.82. The Labute approximate surface area is 126 Å². The van der Waals surface area contributed by atoms with E-state index in [2.05, 4.69) is 23.6 Å². The molecular formula is C15H28N2O4. The molecule has 1 aliphatic carbocycles. The summed E-state index contributed by atoms with van der Waals surface area (Å²) in [5.41, 5.74) is 0. The van der Waals surface area contributed by atoms with Crippen LogP contribution >= 0.6 is 0 Å². The molecule has 0 spiro atoms. The third-order valence-corrected chi connectivity index (χ3v) is 4.35. The molecule has 2 fully saturated rings. The predicted molar refractivity (Wildman–Crippen MR) is 80.4 cm³/mol. The van der Waals surface area contributed by atoms with Gasteiger partial charge in [0.15, 0.2) is 0 Å². The SMILES string of the molecule is CC(C)N1CCN(C2CCCCC2)CC1.O=C(O)C(=O)O. The molecule has 0 aromatic heterocycles. The zero-order valence-corrected chi connectivity index (χ0v) is 13.1. The van der Waals surface area contributed by atoms with Crippen molar-refractivity contribution in [2.75, 3.05) is 26.2 Å². The molecule has 2 N–H and O–H groups in total. The monoisotopic (exact) mass is 300 g/mol. The van der Waals surface area contributed by atoms with Crippen molar-refractivity contribution in [3.05, 3.63) is 0 Å². The zero-order chi connectivity index (χ0) is 15.8. The van der Waals surface area contributed by atoms with Gasteiger partial charge in [0.2, 0.25) is 0 Å². The molecule has 2 aliphatic rings. The Bertz CT molecular complexity index is 321. The number of aliphatic carboxylic acids is 2. The van der Waals surface area contributed by atoms with Crippen LogP contribution in [0.2, 0.25) is 0 Å². The summed E-state index contributed by atoms with van der Waals surface area (Å²) in [5.74, 6) is -3.65. The molecular weight excluding hydrogens is 272 g/mol. The summed E-state index contributed by atoms with van der Waals surface area (Å²) in [5, 5.41) is 14.8. The molecule has 1 saturated carbocycles. The van der Waals surface area contributed by atoms with Gasteiger partial charge < -0.3 is 10.2 Å². The second-order valence-electron chi connectivity index (χ2n) is 6.07. The molecule has 0 unspecified atom stereocenters. The van der Waals surface area contributed by atoms with Crippen LogP contribution in [0.15, 0.2) is 0 Å². The molecule has 21 heavy (non-hydrogen) atoms. The van der Waals surface area contributed by atoms with E-state index in [4.69, 9.17) is 19.8 Å². The van der Waals surface area contributed by atoms with Crippen LogP contribution in [0, 0.1) is 0 Å². The Kier molecular flexibility index (Phi) is 7.67. The lowest BCUT2D eigenvalue weighted by Crippen LogP contribution is -2.52. The number of rotatable bonds is 2. The Morgan fingerprint density at radius 2 is 1.38 bits per heavy atom. The van der Waals surface area contributed by atoms with Crippen molar-refractivity contribution in [3.63, 3.8) is 0 Å². The third-order valence-electron chi connectivity index (χ3n) is 4.35. The van der Waals surface area contributed by atoms with Gasteiger partial charge in [-0.15, -0.1) is 0 Å². The molecule has 0 aromatic carbocycles. The molecule has 122 valence electrons. The maximum absolute atomic E-state index is 9.10. The lowest BCUT2D eigenvalue weighted by Gasteiger charge is -2.42. The Balaban J connectivity index is 0.000000315. The number of piperazine rings is 1. The second-order valence-corrected chi connectivity index (χ2v) is 6.07. The van der Waals surface area contributed by atoms with Gasteiger partial charge in [0.25, 0.3) is 0 Å². The first-order valence-corrected chi connectivity index (χ1v) is 7.86. The fourth-order valence-electron chi connectivity index (χ4n) is 3.07. The van der Waals surface area contributed by atoms with Crippen LogP contribution in [-0.2, 0) is 9.59 Å².